The molecule has 12 heavy (non-hydrogen) atoms. The molecule has 0 bridgehead atoms. The molecule has 0 N–H and O–H groups in total. The minimum absolute atomic E-state index is 0.477. The van der Waals surface area contributed by atoms with E-state index in [4.69, 9.17) is 9.47 Å². The van der Waals surface area contributed by atoms with Gasteiger partial charge in [0.05, 0.1) is 6.26 Å². The number of benzene rings is 1. The van der Waals surface area contributed by atoms with Crippen molar-refractivity contribution < 1.29 is 9.47 Å². The van der Waals surface area contributed by atoms with Crippen molar-refractivity contribution >= 4 is 15.9 Å². The highest BCUT2D eigenvalue weighted by molar-refractivity contribution is 9.09. The van der Waals surface area contributed by atoms with Gasteiger partial charge < -0.3 is 9.47 Å². The van der Waals surface area contributed by atoms with Gasteiger partial charge in [-0.25, -0.2) is 0 Å². The number of hydrogen-bond donors (Lipinski definition) is 0. The van der Waals surface area contributed by atoms with E-state index in [1.165, 1.54) is 6.26 Å². The minimum Gasteiger partial charge on any atom is -0.482 e. The summed E-state index contributed by atoms with van der Waals surface area (Å²) in [5, 5.41) is 0. The molecule has 0 aromatic heterocycles. The normalized spacial score (nSPS) is 9.08. The van der Waals surface area contributed by atoms with Crippen LogP contribution in [0.1, 0.15) is 0 Å². The fraction of sp³-hybridized carbons (Fsp3) is 0.111. The van der Waals surface area contributed by atoms with Gasteiger partial charge in [-0.05, 0) is 28.1 Å². The van der Waals surface area contributed by atoms with Crippen molar-refractivity contribution in [2.45, 2.75) is 0 Å². The molecule has 0 saturated carbocycles. The number of rotatable bonds is 4. The summed E-state index contributed by atoms with van der Waals surface area (Å²) in [7, 11) is 0. The summed E-state index contributed by atoms with van der Waals surface area (Å²) >= 11 is 3.17. The molecule has 0 unspecified atom stereocenters. The Bertz CT molecular complexity index is 260. The van der Waals surface area contributed by atoms with E-state index in [1.807, 2.05) is 18.2 Å². The Morgan fingerprint density at radius 1 is 1.42 bits per heavy atom. The standard InChI is InChI=1S/C9H9BrO2/c1-2-11-8-4-3-5-9(6-8)12-7-10/h2-6H,1,7H2. The second kappa shape index (κ2) is 4.83. The molecule has 2 nitrogen and oxygen atoms in total. The van der Waals surface area contributed by atoms with Gasteiger partial charge in [-0.2, -0.15) is 0 Å². The van der Waals surface area contributed by atoms with Crippen LogP contribution in [0.5, 0.6) is 11.5 Å². The van der Waals surface area contributed by atoms with Crippen LogP contribution in [0.3, 0.4) is 0 Å². The van der Waals surface area contributed by atoms with Gasteiger partial charge in [-0.1, -0.05) is 12.6 Å². The first-order valence-corrected chi connectivity index (χ1v) is 4.55. The van der Waals surface area contributed by atoms with Crippen LogP contribution < -0.4 is 9.47 Å². The molecule has 0 radical (unpaired) electrons. The number of ether oxygens (including phenoxy) is 2. The SMILES string of the molecule is C=COc1cccc(OCBr)c1. The van der Waals surface area contributed by atoms with Crippen molar-refractivity contribution in [3.8, 4) is 11.5 Å². The molecule has 1 aromatic rings. The van der Waals surface area contributed by atoms with Gasteiger partial charge in [-0.3, -0.25) is 0 Å². The summed E-state index contributed by atoms with van der Waals surface area (Å²) in [6.45, 7) is 3.46. The van der Waals surface area contributed by atoms with Gasteiger partial charge in [-0.15, -0.1) is 0 Å². The monoisotopic (exact) mass is 228 g/mol. The fourth-order valence-electron chi connectivity index (χ4n) is 0.797. The Morgan fingerprint density at radius 2 is 2.17 bits per heavy atom. The van der Waals surface area contributed by atoms with E-state index in [0.29, 0.717) is 5.52 Å². The van der Waals surface area contributed by atoms with E-state index in [2.05, 4.69) is 22.5 Å². The lowest BCUT2D eigenvalue weighted by atomic mass is 10.3. The highest BCUT2D eigenvalue weighted by Gasteiger charge is 1.94. The van der Waals surface area contributed by atoms with Gasteiger partial charge in [0.1, 0.15) is 17.0 Å². The van der Waals surface area contributed by atoms with Crippen LogP contribution in [0.25, 0.3) is 0 Å². The van der Waals surface area contributed by atoms with Crippen molar-refractivity contribution in [3.63, 3.8) is 0 Å². The highest BCUT2D eigenvalue weighted by atomic mass is 79.9. The molecule has 1 rings (SSSR count). The highest BCUT2D eigenvalue weighted by Crippen LogP contribution is 2.19. The summed E-state index contributed by atoms with van der Waals surface area (Å²) in [6.07, 6.45) is 1.38. The summed E-state index contributed by atoms with van der Waals surface area (Å²) < 4.78 is 10.3. The first kappa shape index (κ1) is 9.13. The summed E-state index contributed by atoms with van der Waals surface area (Å²) in [4.78, 5) is 0. The lowest BCUT2D eigenvalue weighted by Crippen LogP contribution is -1.88. The van der Waals surface area contributed by atoms with Crippen LogP contribution >= 0.6 is 15.9 Å². The molecule has 0 spiro atoms. The van der Waals surface area contributed by atoms with Crippen LogP contribution in [-0.2, 0) is 0 Å². The third kappa shape index (κ3) is 2.58. The maximum Gasteiger partial charge on any atom is 0.143 e. The van der Waals surface area contributed by atoms with Crippen LogP contribution in [0.2, 0.25) is 0 Å². The van der Waals surface area contributed by atoms with E-state index in [1.54, 1.807) is 6.07 Å². The van der Waals surface area contributed by atoms with Crippen molar-refractivity contribution in [1.29, 1.82) is 0 Å². The molecular formula is C9H9BrO2. The van der Waals surface area contributed by atoms with Crippen LogP contribution in [0, 0.1) is 0 Å². The predicted molar refractivity (Wildman–Crippen MR) is 51.7 cm³/mol. The molecule has 0 heterocycles. The zero-order valence-corrected chi connectivity index (χ0v) is 8.08. The zero-order valence-electron chi connectivity index (χ0n) is 6.50. The van der Waals surface area contributed by atoms with Crippen molar-refractivity contribution in [1.82, 2.24) is 0 Å². The smallest absolute Gasteiger partial charge is 0.143 e. The van der Waals surface area contributed by atoms with Gasteiger partial charge in [0, 0.05) is 6.07 Å². The molecule has 0 fully saturated rings. The Kier molecular flexibility index (Phi) is 3.67. The van der Waals surface area contributed by atoms with Gasteiger partial charge in [0.2, 0.25) is 0 Å². The topological polar surface area (TPSA) is 18.5 Å². The number of hydrogen-bond acceptors (Lipinski definition) is 2. The Balaban J connectivity index is 2.73. The molecule has 1 aromatic carbocycles. The summed E-state index contributed by atoms with van der Waals surface area (Å²) in [5.74, 6) is 1.50. The van der Waals surface area contributed by atoms with Crippen molar-refractivity contribution in [3.05, 3.63) is 37.1 Å². The third-order valence-electron chi connectivity index (χ3n) is 1.25. The summed E-state index contributed by atoms with van der Waals surface area (Å²) in [6, 6.07) is 7.35. The Hall–Kier alpha value is -0.960. The number of halogens is 1. The van der Waals surface area contributed by atoms with Crippen molar-refractivity contribution in [2.24, 2.45) is 0 Å². The van der Waals surface area contributed by atoms with Gasteiger partial charge in [0.15, 0.2) is 0 Å². The minimum atomic E-state index is 0.477. The maximum absolute atomic E-state index is 5.20. The van der Waals surface area contributed by atoms with E-state index in [-0.39, 0.29) is 0 Å². The molecule has 0 saturated heterocycles. The Morgan fingerprint density at radius 3 is 2.83 bits per heavy atom. The maximum atomic E-state index is 5.20. The van der Waals surface area contributed by atoms with E-state index < -0.39 is 0 Å². The van der Waals surface area contributed by atoms with Crippen LogP contribution in [0.15, 0.2) is 37.1 Å². The second-order valence-electron chi connectivity index (χ2n) is 2.01. The molecule has 0 aliphatic rings. The average Bonchev–Trinajstić information content (AvgIpc) is 2.06. The summed E-state index contributed by atoms with van der Waals surface area (Å²) in [5.41, 5.74) is 0.477. The van der Waals surface area contributed by atoms with Gasteiger partial charge in [0.25, 0.3) is 0 Å². The lowest BCUT2D eigenvalue weighted by molar-refractivity contribution is 0.393. The van der Waals surface area contributed by atoms with E-state index in [9.17, 15) is 0 Å². The lowest BCUT2D eigenvalue weighted by Gasteiger charge is -2.03. The molecular weight excluding hydrogens is 220 g/mol. The first-order chi connectivity index (χ1) is 5.86. The predicted octanol–water partition coefficient (Wildman–Crippen LogP) is 2.94. The van der Waals surface area contributed by atoms with E-state index >= 15 is 0 Å². The molecule has 0 aliphatic carbocycles. The molecule has 0 amide bonds. The van der Waals surface area contributed by atoms with Gasteiger partial charge >= 0.3 is 0 Å². The Labute approximate surface area is 79.9 Å². The third-order valence-corrected chi connectivity index (χ3v) is 1.48. The van der Waals surface area contributed by atoms with Crippen LogP contribution in [0.4, 0.5) is 0 Å². The zero-order chi connectivity index (χ0) is 8.81. The van der Waals surface area contributed by atoms with Crippen molar-refractivity contribution in [2.75, 3.05) is 5.52 Å². The second-order valence-corrected chi connectivity index (χ2v) is 2.47. The average molecular weight is 229 g/mol. The van der Waals surface area contributed by atoms with E-state index in [0.717, 1.165) is 11.5 Å². The quantitative estimate of drug-likeness (QED) is 0.583. The largest absolute Gasteiger partial charge is 0.482 e. The van der Waals surface area contributed by atoms with Crippen LogP contribution in [-0.4, -0.2) is 5.52 Å². The molecule has 64 valence electrons. The molecule has 0 atom stereocenters. The first-order valence-electron chi connectivity index (χ1n) is 3.43. The molecule has 3 heteroatoms. The number of alkyl halides is 1. The fourth-order valence-corrected chi connectivity index (χ4v) is 1.06. The molecule has 0 aliphatic heterocycles.